The minimum absolute atomic E-state index is 0.173. The molecule has 0 spiro atoms. The zero-order valence-corrected chi connectivity index (χ0v) is 23.3. The molecule has 206 valence electrons. The van der Waals surface area contributed by atoms with Gasteiger partial charge in [-0.3, -0.25) is 0 Å². The zero-order chi connectivity index (χ0) is 27.1. The van der Waals surface area contributed by atoms with Crippen LogP contribution in [0.25, 0.3) is 10.9 Å². The van der Waals surface area contributed by atoms with Crippen molar-refractivity contribution in [3.63, 3.8) is 0 Å². The third-order valence-electron chi connectivity index (χ3n) is 6.87. The SMILES string of the molecule is CC(C)(C)OC(=O)NC1CCC(COCCNCc2cc(F)cc3c2ccn3Cc2ccc(Cl)cc2)CC1. The molecule has 0 bridgehead atoms. The van der Waals surface area contributed by atoms with Gasteiger partial charge in [0.1, 0.15) is 11.4 Å². The zero-order valence-electron chi connectivity index (χ0n) is 22.6. The number of aromatic nitrogens is 1. The molecule has 0 unspecified atom stereocenters. The van der Waals surface area contributed by atoms with E-state index < -0.39 is 5.60 Å². The van der Waals surface area contributed by atoms with Gasteiger partial charge in [0.05, 0.1) is 12.1 Å². The predicted molar refractivity (Wildman–Crippen MR) is 150 cm³/mol. The van der Waals surface area contributed by atoms with Gasteiger partial charge in [0.15, 0.2) is 0 Å². The molecular formula is C30H39ClFN3O3. The van der Waals surface area contributed by atoms with E-state index in [1.807, 2.05) is 57.3 Å². The molecule has 1 saturated carbocycles. The first-order valence-electron chi connectivity index (χ1n) is 13.5. The third kappa shape index (κ3) is 8.45. The molecule has 1 aromatic heterocycles. The molecule has 2 N–H and O–H groups in total. The van der Waals surface area contributed by atoms with Gasteiger partial charge in [0.25, 0.3) is 0 Å². The van der Waals surface area contributed by atoms with Crippen molar-refractivity contribution < 1.29 is 18.7 Å². The molecule has 6 nitrogen and oxygen atoms in total. The second kappa shape index (κ2) is 13.0. The first-order chi connectivity index (χ1) is 18.2. The van der Waals surface area contributed by atoms with Crippen LogP contribution in [0.15, 0.2) is 48.7 Å². The normalized spacial score (nSPS) is 18.0. The molecule has 1 amide bonds. The smallest absolute Gasteiger partial charge is 0.407 e. The van der Waals surface area contributed by atoms with E-state index in [4.69, 9.17) is 21.1 Å². The van der Waals surface area contributed by atoms with Crippen LogP contribution >= 0.6 is 11.6 Å². The fraction of sp³-hybridized carbons (Fsp3) is 0.500. The maximum absolute atomic E-state index is 14.4. The highest BCUT2D eigenvalue weighted by molar-refractivity contribution is 6.30. The highest BCUT2D eigenvalue weighted by Gasteiger charge is 2.24. The molecule has 1 aliphatic rings. The van der Waals surface area contributed by atoms with Gasteiger partial charge in [-0.05, 0) is 93.8 Å². The number of fused-ring (bicyclic) bond motifs is 1. The molecule has 0 aliphatic heterocycles. The van der Waals surface area contributed by atoms with Crippen LogP contribution in [0.1, 0.15) is 57.6 Å². The summed E-state index contributed by atoms with van der Waals surface area (Å²) in [7, 11) is 0. The Kier molecular flexibility index (Phi) is 9.69. The Hall–Kier alpha value is -2.61. The number of hydrogen-bond donors (Lipinski definition) is 2. The number of benzene rings is 2. The molecule has 0 radical (unpaired) electrons. The van der Waals surface area contributed by atoms with Crippen LogP contribution in [0.3, 0.4) is 0 Å². The molecule has 4 rings (SSSR count). The Balaban J connectivity index is 1.17. The molecule has 1 heterocycles. The van der Waals surface area contributed by atoms with Gasteiger partial charge in [-0.25, -0.2) is 9.18 Å². The fourth-order valence-electron chi connectivity index (χ4n) is 4.97. The Bertz CT molecular complexity index is 1200. The van der Waals surface area contributed by atoms with Crippen molar-refractivity contribution in [1.82, 2.24) is 15.2 Å². The Morgan fingerprint density at radius 3 is 2.55 bits per heavy atom. The van der Waals surface area contributed by atoms with E-state index >= 15 is 0 Å². The molecular weight excluding hydrogens is 505 g/mol. The lowest BCUT2D eigenvalue weighted by Crippen LogP contribution is -2.41. The summed E-state index contributed by atoms with van der Waals surface area (Å²) in [5, 5.41) is 8.13. The van der Waals surface area contributed by atoms with E-state index in [2.05, 4.69) is 15.2 Å². The van der Waals surface area contributed by atoms with Crippen LogP contribution in [-0.2, 0) is 22.6 Å². The maximum Gasteiger partial charge on any atom is 0.407 e. The number of carbonyl (C=O) groups is 1. The average molecular weight is 544 g/mol. The highest BCUT2D eigenvalue weighted by Crippen LogP contribution is 2.25. The van der Waals surface area contributed by atoms with Crippen molar-refractivity contribution in [2.45, 2.75) is 71.2 Å². The van der Waals surface area contributed by atoms with Gasteiger partial charge in [0, 0.05) is 48.9 Å². The lowest BCUT2D eigenvalue weighted by molar-refractivity contribution is 0.0464. The first-order valence-corrected chi connectivity index (χ1v) is 13.8. The molecule has 0 atom stereocenters. The first kappa shape index (κ1) is 28.4. The number of rotatable bonds is 10. The molecule has 1 fully saturated rings. The van der Waals surface area contributed by atoms with Crippen LogP contribution in [0.5, 0.6) is 0 Å². The minimum atomic E-state index is -0.479. The molecule has 2 aromatic carbocycles. The van der Waals surface area contributed by atoms with Gasteiger partial charge >= 0.3 is 6.09 Å². The van der Waals surface area contributed by atoms with Gasteiger partial charge < -0.3 is 24.7 Å². The van der Waals surface area contributed by atoms with E-state index in [0.717, 1.165) is 54.3 Å². The maximum atomic E-state index is 14.4. The summed E-state index contributed by atoms with van der Waals surface area (Å²) in [4.78, 5) is 12.0. The number of nitrogens with one attached hydrogen (secondary N) is 2. The van der Waals surface area contributed by atoms with Crippen molar-refractivity contribution in [3.8, 4) is 0 Å². The van der Waals surface area contributed by atoms with Gasteiger partial charge in [-0.2, -0.15) is 0 Å². The summed E-state index contributed by atoms with van der Waals surface area (Å²) >= 11 is 6.00. The van der Waals surface area contributed by atoms with Gasteiger partial charge in [-0.1, -0.05) is 23.7 Å². The van der Waals surface area contributed by atoms with Crippen molar-refractivity contribution in [2.24, 2.45) is 5.92 Å². The van der Waals surface area contributed by atoms with E-state index in [1.54, 1.807) is 12.1 Å². The van der Waals surface area contributed by atoms with Crippen LogP contribution in [0.4, 0.5) is 9.18 Å². The van der Waals surface area contributed by atoms with Crippen molar-refractivity contribution in [1.29, 1.82) is 0 Å². The van der Waals surface area contributed by atoms with Crippen LogP contribution in [0, 0.1) is 11.7 Å². The molecule has 1 aliphatic carbocycles. The van der Waals surface area contributed by atoms with Crippen molar-refractivity contribution in [3.05, 3.63) is 70.6 Å². The second-order valence-electron chi connectivity index (χ2n) is 11.2. The summed E-state index contributed by atoms with van der Waals surface area (Å²) in [5.41, 5.74) is 2.45. The van der Waals surface area contributed by atoms with Crippen LogP contribution in [-0.4, -0.2) is 42.1 Å². The Morgan fingerprint density at radius 1 is 1.11 bits per heavy atom. The van der Waals surface area contributed by atoms with E-state index in [-0.39, 0.29) is 18.0 Å². The number of amides is 1. The van der Waals surface area contributed by atoms with Crippen molar-refractivity contribution in [2.75, 3.05) is 19.8 Å². The lowest BCUT2D eigenvalue weighted by atomic mass is 9.86. The highest BCUT2D eigenvalue weighted by atomic mass is 35.5. The summed E-state index contributed by atoms with van der Waals surface area (Å²) in [6.07, 6.45) is 5.61. The van der Waals surface area contributed by atoms with E-state index in [9.17, 15) is 9.18 Å². The largest absolute Gasteiger partial charge is 0.444 e. The minimum Gasteiger partial charge on any atom is -0.444 e. The van der Waals surface area contributed by atoms with Gasteiger partial charge in [0.2, 0.25) is 0 Å². The monoisotopic (exact) mass is 543 g/mol. The summed E-state index contributed by atoms with van der Waals surface area (Å²) in [6.45, 7) is 8.86. The van der Waals surface area contributed by atoms with Crippen LogP contribution in [0.2, 0.25) is 5.02 Å². The predicted octanol–water partition coefficient (Wildman–Crippen LogP) is 6.67. The molecule has 38 heavy (non-hydrogen) atoms. The van der Waals surface area contributed by atoms with Crippen LogP contribution < -0.4 is 10.6 Å². The molecule has 3 aromatic rings. The number of halogens is 2. The van der Waals surface area contributed by atoms with E-state index in [0.29, 0.717) is 37.2 Å². The number of nitrogens with zero attached hydrogens (tertiary/aromatic N) is 1. The van der Waals surface area contributed by atoms with Gasteiger partial charge in [-0.15, -0.1) is 0 Å². The quantitative estimate of drug-likeness (QED) is 0.280. The second-order valence-corrected chi connectivity index (χ2v) is 11.6. The number of alkyl carbamates (subject to hydrolysis) is 1. The van der Waals surface area contributed by atoms with Crippen molar-refractivity contribution >= 4 is 28.6 Å². The third-order valence-corrected chi connectivity index (χ3v) is 7.12. The number of hydrogen-bond acceptors (Lipinski definition) is 4. The summed E-state index contributed by atoms with van der Waals surface area (Å²) in [5.74, 6) is 0.272. The Labute approximate surface area is 229 Å². The molecule has 8 heteroatoms. The number of carbonyl (C=O) groups excluding carboxylic acids is 1. The number of ether oxygens (including phenoxy) is 2. The van der Waals surface area contributed by atoms with E-state index in [1.165, 1.54) is 0 Å². The standard InChI is InChI=1S/C30H39ClFN3O3/c1-30(2,3)38-29(36)34-26-10-6-22(7-11-26)20-37-15-13-33-18-23-16-25(32)17-28-27(23)12-14-35(28)19-21-4-8-24(31)9-5-21/h4-5,8-9,12,14,16-17,22,26,33H,6-7,10-11,13,15,18-20H2,1-3H3,(H,34,36). The summed E-state index contributed by atoms with van der Waals surface area (Å²) in [6, 6.07) is 13.1. The lowest BCUT2D eigenvalue weighted by Gasteiger charge is -2.30. The fourth-order valence-corrected chi connectivity index (χ4v) is 5.10. The topological polar surface area (TPSA) is 64.5 Å². The summed E-state index contributed by atoms with van der Waals surface area (Å²) < 4.78 is 27.8. The Morgan fingerprint density at radius 2 is 1.84 bits per heavy atom. The molecule has 0 saturated heterocycles. The average Bonchev–Trinajstić information content (AvgIpc) is 3.24.